The average Bonchev–Trinajstić information content (AvgIpc) is 2.67. The number of rotatable bonds is 1. The van der Waals surface area contributed by atoms with Crippen molar-refractivity contribution in [3.8, 4) is 0 Å². The van der Waals surface area contributed by atoms with Crippen molar-refractivity contribution in [2.24, 2.45) is 0 Å². The van der Waals surface area contributed by atoms with Crippen LogP contribution in [0.25, 0.3) is 21.9 Å². The van der Waals surface area contributed by atoms with Crippen LogP contribution in [0.4, 0.5) is 0 Å². The number of hydrogen-bond donors (Lipinski definition) is 1. The monoisotopic (exact) mass is 258 g/mol. The Morgan fingerprint density at radius 3 is 2.63 bits per heavy atom. The van der Waals surface area contributed by atoms with E-state index in [4.69, 9.17) is 13.9 Å². The van der Waals surface area contributed by atoms with Crippen LogP contribution in [0, 0.1) is 13.8 Å². The molecule has 2 aromatic heterocycles. The Labute approximate surface area is 107 Å². The molecule has 0 saturated heterocycles. The van der Waals surface area contributed by atoms with E-state index in [1.54, 1.807) is 26.0 Å². The van der Waals surface area contributed by atoms with E-state index >= 15 is 0 Å². The molecule has 0 aliphatic carbocycles. The molecule has 0 unspecified atom stereocenters. The molecule has 0 bridgehead atoms. The van der Waals surface area contributed by atoms with Gasteiger partial charge in [0, 0.05) is 17.0 Å². The van der Waals surface area contributed by atoms with E-state index in [2.05, 4.69) is 0 Å². The van der Waals surface area contributed by atoms with E-state index in [9.17, 15) is 9.59 Å². The summed E-state index contributed by atoms with van der Waals surface area (Å²) in [5.74, 6) is -1.27. The van der Waals surface area contributed by atoms with Gasteiger partial charge in [-0.05, 0) is 31.5 Å². The number of carbonyl (C=O) groups is 1. The largest absolute Gasteiger partial charge is 0.475 e. The number of aromatic carboxylic acids is 1. The van der Waals surface area contributed by atoms with Crippen molar-refractivity contribution in [3.05, 3.63) is 45.5 Å². The van der Waals surface area contributed by atoms with E-state index in [-0.39, 0.29) is 5.76 Å². The number of fused-ring (bicyclic) bond motifs is 3. The number of furan rings is 1. The molecule has 5 nitrogen and oxygen atoms in total. The number of benzene rings is 1. The van der Waals surface area contributed by atoms with Crippen molar-refractivity contribution in [2.75, 3.05) is 0 Å². The van der Waals surface area contributed by atoms with Crippen LogP contribution in [-0.4, -0.2) is 11.1 Å². The SMILES string of the molecule is Cc1cc(=O)oc2c1ccc1oc(C(=O)O)c(C)c12. The van der Waals surface area contributed by atoms with Crippen LogP contribution in [-0.2, 0) is 0 Å². The predicted octanol–water partition coefficient (Wildman–Crippen LogP) is 2.85. The zero-order chi connectivity index (χ0) is 13.7. The summed E-state index contributed by atoms with van der Waals surface area (Å²) < 4.78 is 10.5. The molecule has 2 heterocycles. The van der Waals surface area contributed by atoms with Gasteiger partial charge >= 0.3 is 11.6 Å². The molecule has 96 valence electrons. The average molecular weight is 258 g/mol. The van der Waals surface area contributed by atoms with Crippen molar-refractivity contribution >= 4 is 27.9 Å². The number of carboxylic acids is 1. The molecule has 3 rings (SSSR count). The minimum absolute atomic E-state index is 0.133. The van der Waals surface area contributed by atoms with Crippen molar-refractivity contribution in [1.29, 1.82) is 0 Å². The summed E-state index contributed by atoms with van der Waals surface area (Å²) in [5, 5.41) is 10.4. The highest BCUT2D eigenvalue weighted by molar-refractivity contribution is 6.08. The Morgan fingerprint density at radius 1 is 1.21 bits per heavy atom. The molecule has 0 aliphatic rings. The summed E-state index contributed by atoms with van der Waals surface area (Å²) in [7, 11) is 0. The fourth-order valence-corrected chi connectivity index (χ4v) is 2.31. The Morgan fingerprint density at radius 2 is 1.95 bits per heavy atom. The lowest BCUT2D eigenvalue weighted by atomic mass is 10.1. The molecule has 1 N–H and O–H groups in total. The molecule has 19 heavy (non-hydrogen) atoms. The molecule has 0 fully saturated rings. The van der Waals surface area contributed by atoms with Crippen molar-refractivity contribution in [1.82, 2.24) is 0 Å². The lowest BCUT2D eigenvalue weighted by Crippen LogP contribution is -1.98. The fourth-order valence-electron chi connectivity index (χ4n) is 2.31. The first-order valence-corrected chi connectivity index (χ1v) is 5.69. The van der Waals surface area contributed by atoms with Crippen LogP contribution < -0.4 is 5.63 Å². The maximum absolute atomic E-state index is 11.5. The zero-order valence-corrected chi connectivity index (χ0v) is 10.3. The first-order chi connectivity index (χ1) is 8.99. The summed E-state index contributed by atoms with van der Waals surface area (Å²) in [4.78, 5) is 22.6. The molecule has 0 amide bonds. The Balaban J connectivity index is 2.59. The van der Waals surface area contributed by atoms with Gasteiger partial charge < -0.3 is 13.9 Å². The van der Waals surface area contributed by atoms with Crippen LogP contribution >= 0.6 is 0 Å². The summed E-state index contributed by atoms with van der Waals surface area (Å²) in [5.41, 5.74) is 1.55. The van der Waals surface area contributed by atoms with E-state index in [1.807, 2.05) is 0 Å². The van der Waals surface area contributed by atoms with Gasteiger partial charge in [0.2, 0.25) is 5.76 Å². The van der Waals surface area contributed by atoms with E-state index in [1.165, 1.54) is 6.07 Å². The molecular weight excluding hydrogens is 248 g/mol. The standard InChI is InChI=1S/C14H10O5/c1-6-5-10(15)19-13-8(6)3-4-9-11(13)7(2)12(18-9)14(16)17/h3-5H,1-2H3,(H,16,17). The van der Waals surface area contributed by atoms with Crippen LogP contribution in [0.15, 0.2) is 31.8 Å². The Bertz CT molecular complexity index is 882. The second kappa shape index (κ2) is 3.71. The van der Waals surface area contributed by atoms with E-state index < -0.39 is 11.6 Å². The number of hydrogen-bond acceptors (Lipinski definition) is 4. The Hall–Kier alpha value is -2.56. The molecule has 1 aromatic carbocycles. The second-order valence-electron chi connectivity index (χ2n) is 4.43. The molecule has 0 radical (unpaired) electrons. The quantitative estimate of drug-likeness (QED) is 0.679. The maximum Gasteiger partial charge on any atom is 0.372 e. The van der Waals surface area contributed by atoms with Crippen molar-refractivity contribution in [2.45, 2.75) is 13.8 Å². The second-order valence-corrected chi connectivity index (χ2v) is 4.43. The molecule has 5 heteroatoms. The van der Waals surface area contributed by atoms with Gasteiger partial charge in [-0.15, -0.1) is 0 Å². The smallest absolute Gasteiger partial charge is 0.372 e. The van der Waals surface area contributed by atoms with Crippen molar-refractivity contribution in [3.63, 3.8) is 0 Å². The highest BCUT2D eigenvalue weighted by atomic mass is 16.4. The van der Waals surface area contributed by atoms with Gasteiger partial charge in [-0.25, -0.2) is 9.59 Å². The third-order valence-corrected chi connectivity index (χ3v) is 3.20. The Kier molecular flexibility index (Phi) is 2.25. The van der Waals surface area contributed by atoms with Crippen LogP contribution in [0.2, 0.25) is 0 Å². The van der Waals surface area contributed by atoms with Gasteiger partial charge in [0.25, 0.3) is 0 Å². The lowest BCUT2D eigenvalue weighted by Gasteiger charge is -2.01. The van der Waals surface area contributed by atoms with Gasteiger partial charge in [-0.2, -0.15) is 0 Å². The third kappa shape index (κ3) is 1.55. The molecule has 3 aromatic rings. The van der Waals surface area contributed by atoms with Crippen LogP contribution in [0.3, 0.4) is 0 Å². The summed E-state index contributed by atoms with van der Waals surface area (Å²) >= 11 is 0. The number of carboxylic acid groups (broad SMARTS) is 1. The first kappa shape index (κ1) is 11.5. The minimum Gasteiger partial charge on any atom is -0.475 e. The fraction of sp³-hybridized carbons (Fsp3) is 0.143. The van der Waals surface area contributed by atoms with Gasteiger partial charge in [0.15, 0.2) is 0 Å². The predicted molar refractivity (Wildman–Crippen MR) is 68.7 cm³/mol. The van der Waals surface area contributed by atoms with Crippen molar-refractivity contribution < 1.29 is 18.7 Å². The van der Waals surface area contributed by atoms with Gasteiger partial charge in [0.1, 0.15) is 11.2 Å². The van der Waals surface area contributed by atoms with Crippen LogP contribution in [0.5, 0.6) is 0 Å². The summed E-state index contributed by atoms with van der Waals surface area (Å²) in [6, 6.07) is 4.84. The molecule has 0 aliphatic heterocycles. The van der Waals surface area contributed by atoms with Gasteiger partial charge in [0.05, 0.1) is 5.39 Å². The maximum atomic E-state index is 11.5. The van der Waals surface area contributed by atoms with Gasteiger partial charge in [-0.1, -0.05) is 0 Å². The topological polar surface area (TPSA) is 80.7 Å². The highest BCUT2D eigenvalue weighted by Gasteiger charge is 2.20. The molecule has 0 saturated carbocycles. The van der Waals surface area contributed by atoms with Gasteiger partial charge in [-0.3, -0.25) is 0 Å². The first-order valence-electron chi connectivity index (χ1n) is 5.69. The summed E-state index contributed by atoms with van der Waals surface area (Å²) in [6.45, 7) is 3.44. The summed E-state index contributed by atoms with van der Waals surface area (Å²) in [6.07, 6.45) is 0. The normalized spacial score (nSPS) is 11.3. The molecule has 0 spiro atoms. The highest BCUT2D eigenvalue weighted by Crippen LogP contribution is 2.32. The molecular formula is C14H10O5. The van der Waals surface area contributed by atoms with E-state index in [0.29, 0.717) is 22.1 Å². The van der Waals surface area contributed by atoms with Crippen LogP contribution in [0.1, 0.15) is 21.7 Å². The third-order valence-electron chi connectivity index (χ3n) is 3.20. The number of aryl methyl sites for hydroxylation is 2. The minimum atomic E-state index is -1.14. The molecule has 0 atom stereocenters. The van der Waals surface area contributed by atoms with E-state index in [0.717, 1.165) is 10.9 Å². The zero-order valence-electron chi connectivity index (χ0n) is 10.3. The lowest BCUT2D eigenvalue weighted by molar-refractivity contribution is 0.0664.